The van der Waals surface area contributed by atoms with E-state index in [0.29, 0.717) is 6.42 Å². The van der Waals surface area contributed by atoms with E-state index in [1.54, 1.807) is 0 Å². The van der Waals surface area contributed by atoms with Crippen LogP contribution >= 0.6 is 0 Å². The second-order valence-electron chi connectivity index (χ2n) is 9.90. The molecule has 0 saturated carbocycles. The maximum Gasteiger partial charge on any atom is 0.305 e. The number of hydrogen-bond acceptors (Lipinski definition) is 7. The van der Waals surface area contributed by atoms with Crippen LogP contribution in [0.15, 0.2) is 0 Å². The summed E-state index contributed by atoms with van der Waals surface area (Å²) < 4.78 is 4.63. The van der Waals surface area contributed by atoms with Crippen molar-refractivity contribution in [1.29, 1.82) is 0 Å². The van der Waals surface area contributed by atoms with E-state index in [0.717, 1.165) is 25.7 Å². The third-order valence-corrected chi connectivity index (χ3v) is 6.39. The molecule has 38 heavy (non-hydrogen) atoms. The average molecular weight is 541 g/mol. The zero-order chi connectivity index (χ0) is 28.6. The van der Waals surface area contributed by atoms with E-state index in [4.69, 9.17) is 5.73 Å². The monoisotopic (exact) mass is 540 g/mol. The van der Waals surface area contributed by atoms with Crippen LogP contribution in [0.3, 0.4) is 0 Å². The fourth-order valence-electron chi connectivity index (χ4n) is 4.06. The molecule has 0 aliphatic heterocycles. The van der Waals surface area contributed by atoms with Gasteiger partial charge in [-0.25, -0.2) is 0 Å². The van der Waals surface area contributed by atoms with Gasteiger partial charge in [0.15, 0.2) is 0 Å². The number of carbonyl (C=O) groups is 5. The molecule has 0 aliphatic carbocycles. The van der Waals surface area contributed by atoms with Crippen molar-refractivity contribution in [2.24, 2.45) is 5.73 Å². The molecule has 0 aliphatic rings. The maximum absolute atomic E-state index is 13.0. The molecule has 0 aromatic heterocycles. The maximum atomic E-state index is 13.0. The molecule has 0 saturated heterocycles. The lowest BCUT2D eigenvalue weighted by molar-refractivity contribution is -0.141. The lowest BCUT2D eigenvalue weighted by Crippen LogP contribution is -2.54. The second kappa shape index (κ2) is 23.6. The number of nitrogens with one attached hydrogen (secondary N) is 3. The summed E-state index contributed by atoms with van der Waals surface area (Å²) in [5.74, 6) is -1.93. The normalized spacial score (nSPS) is 12.3. The Morgan fingerprint density at radius 2 is 1.24 bits per heavy atom. The molecule has 0 bridgehead atoms. The molecule has 220 valence electrons. The van der Waals surface area contributed by atoms with Gasteiger partial charge < -0.3 is 31.2 Å². The molecule has 0 aromatic rings. The van der Waals surface area contributed by atoms with Gasteiger partial charge in [0.05, 0.1) is 7.11 Å². The average Bonchev–Trinajstić information content (AvgIpc) is 2.89. The number of amides is 3. The molecule has 0 aromatic carbocycles. The van der Waals surface area contributed by atoms with Crippen LogP contribution in [0.25, 0.3) is 0 Å². The number of unbranched alkanes of at least 4 members (excludes halogenated alkanes) is 10. The first kappa shape index (κ1) is 35.5. The van der Waals surface area contributed by atoms with Crippen LogP contribution in [0, 0.1) is 0 Å². The van der Waals surface area contributed by atoms with E-state index < -0.39 is 29.9 Å². The van der Waals surface area contributed by atoms with Crippen LogP contribution in [0.2, 0.25) is 0 Å². The Balaban J connectivity index is 4.69. The summed E-state index contributed by atoms with van der Waals surface area (Å²) in [7, 11) is 1.24. The van der Waals surface area contributed by atoms with Gasteiger partial charge in [0.25, 0.3) is 0 Å². The third kappa shape index (κ3) is 19.6. The van der Waals surface area contributed by atoms with Gasteiger partial charge in [-0.1, -0.05) is 71.1 Å². The first-order valence-corrected chi connectivity index (χ1v) is 14.4. The fourth-order valence-corrected chi connectivity index (χ4v) is 4.06. The largest absolute Gasteiger partial charge is 0.469 e. The number of rotatable bonds is 24. The van der Waals surface area contributed by atoms with Gasteiger partial charge in [-0.3, -0.25) is 19.2 Å². The minimum atomic E-state index is -1.00. The van der Waals surface area contributed by atoms with Gasteiger partial charge in [0.2, 0.25) is 17.7 Å². The Morgan fingerprint density at radius 3 is 1.76 bits per heavy atom. The minimum Gasteiger partial charge on any atom is -0.469 e. The van der Waals surface area contributed by atoms with E-state index in [2.05, 4.69) is 27.6 Å². The summed E-state index contributed by atoms with van der Waals surface area (Å²) in [6, 6.07) is -1.96. The Hall–Kier alpha value is -2.49. The van der Waals surface area contributed by atoms with Crippen LogP contribution in [-0.4, -0.2) is 61.8 Å². The van der Waals surface area contributed by atoms with Gasteiger partial charge in [0.1, 0.15) is 17.9 Å². The van der Waals surface area contributed by atoms with Gasteiger partial charge in [0, 0.05) is 32.4 Å². The summed E-state index contributed by atoms with van der Waals surface area (Å²) in [6.45, 7) is 4.08. The van der Waals surface area contributed by atoms with Crippen molar-refractivity contribution < 1.29 is 28.7 Å². The Labute approximate surface area is 229 Å². The van der Waals surface area contributed by atoms with Crippen molar-refractivity contribution in [3.63, 3.8) is 0 Å². The summed E-state index contributed by atoms with van der Waals surface area (Å²) >= 11 is 0. The summed E-state index contributed by atoms with van der Waals surface area (Å²) in [5.41, 5.74) is 5.44. The number of hydrogen-bond donors (Lipinski definition) is 4. The van der Waals surface area contributed by atoms with Gasteiger partial charge >= 0.3 is 5.97 Å². The zero-order valence-corrected chi connectivity index (χ0v) is 23.9. The van der Waals surface area contributed by atoms with Crippen molar-refractivity contribution in [1.82, 2.24) is 16.0 Å². The highest BCUT2D eigenvalue weighted by Crippen LogP contribution is 2.12. The van der Waals surface area contributed by atoms with E-state index in [-0.39, 0.29) is 50.5 Å². The van der Waals surface area contributed by atoms with E-state index in [1.807, 2.05) is 0 Å². The first-order valence-electron chi connectivity index (χ1n) is 14.4. The molecule has 10 nitrogen and oxygen atoms in total. The number of ketones is 1. The molecule has 5 N–H and O–H groups in total. The third-order valence-electron chi connectivity index (χ3n) is 6.39. The highest BCUT2D eigenvalue weighted by molar-refractivity contribution is 5.92. The van der Waals surface area contributed by atoms with Crippen molar-refractivity contribution in [2.45, 2.75) is 129 Å². The molecule has 0 fully saturated rings. The molecule has 0 heterocycles. The fraction of sp³-hybridized carbons (Fsp3) is 0.821. The molecule has 0 spiro atoms. The number of carbonyl (C=O) groups excluding carboxylic acids is 5. The lowest BCUT2D eigenvalue weighted by atomic mass is 10.0. The SMILES string of the molecule is CCCCCCCCCCCCCC(=O)NC(CCC(C)=O)C(=O)NC(CCC(=O)OC)C(=O)NCCN. The minimum absolute atomic E-state index is 0.0287. The predicted molar refractivity (Wildman–Crippen MR) is 148 cm³/mol. The van der Waals surface area contributed by atoms with E-state index in [1.165, 1.54) is 59.0 Å². The molecule has 0 radical (unpaired) electrons. The quantitative estimate of drug-likeness (QED) is 0.108. The zero-order valence-electron chi connectivity index (χ0n) is 23.9. The van der Waals surface area contributed by atoms with Gasteiger partial charge in [-0.05, 0) is 26.2 Å². The molecule has 2 atom stereocenters. The second-order valence-corrected chi connectivity index (χ2v) is 9.90. The highest BCUT2D eigenvalue weighted by Gasteiger charge is 2.27. The topological polar surface area (TPSA) is 157 Å². The standard InChI is InChI=1S/C28H52N4O6/c1-4-5-6-7-8-9-10-11-12-13-14-15-25(34)31-24(17-16-22(2)33)28(37)32-23(18-19-26(35)38-3)27(36)30-21-20-29/h23-24H,4-21,29H2,1-3H3,(H,30,36)(H,31,34)(H,32,37). The number of methoxy groups -OCH3 is 1. The van der Waals surface area contributed by atoms with E-state index >= 15 is 0 Å². The number of ether oxygens (including phenoxy) is 1. The Bertz CT molecular complexity index is 701. The van der Waals surface area contributed by atoms with Crippen LogP contribution in [0.1, 0.15) is 117 Å². The number of Topliss-reactive ketones (excluding diaryl/α,β-unsaturated/α-hetero) is 1. The van der Waals surface area contributed by atoms with Crippen molar-refractivity contribution in [3.8, 4) is 0 Å². The lowest BCUT2D eigenvalue weighted by Gasteiger charge is -2.23. The summed E-state index contributed by atoms with van der Waals surface area (Å²) in [6.07, 6.45) is 13.4. The molecule has 2 unspecified atom stereocenters. The van der Waals surface area contributed by atoms with Crippen molar-refractivity contribution >= 4 is 29.5 Å². The van der Waals surface area contributed by atoms with Crippen molar-refractivity contribution in [2.75, 3.05) is 20.2 Å². The highest BCUT2D eigenvalue weighted by atomic mass is 16.5. The smallest absolute Gasteiger partial charge is 0.305 e. The van der Waals surface area contributed by atoms with Gasteiger partial charge in [-0.15, -0.1) is 0 Å². The van der Waals surface area contributed by atoms with Crippen LogP contribution < -0.4 is 21.7 Å². The molecular formula is C28H52N4O6. The van der Waals surface area contributed by atoms with Crippen LogP contribution in [-0.2, 0) is 28.7 Å². The summed E-state index contributed by atoms with van der Waals surface area (Å²) in [4.78, 5) is 61.1. The number of nitrogens with two attached hydrogens (primary N) is 1. The Morgan fingerprint density at radius 1 is 0.711 bits per heavy atom. The van der Waals surface area contributed by atoms with Gasteiger partial charge in [-0.2, -0.15) is 0 Å². The van der Waals surface area contributed by atoms with Crippen LogP contribution in [0.4, 0.5) is 0 Å². The van der Waals surface area contributed by atoms with E-state index in [9.17, 15) is 24.0 Å². The number of esters is 1. The molecular weight excluding hydrogens is 488 g/mol. The molecule has 10 heteroatoms. The first-order chi connectivity index (χ1) is 18.2. The van der Waals surface area contributed by atoms with Crippen LogP contribution in [0.5, 0.6) is 0 Å². The Kier molecular flexibility index (Phi) is 22.1. The molecule has 0 rings (SSSR count). The molecule has 3 amide bonds. The summed E-state index contributed by atoms with van der Waals surface area (Å²) in [5, 5.41) is 7.95. The predicted octanol–water partition coefficient (Wildman–Crippen LogP) is 3.05. The van der Waals surface area contributed by atoms with Crippen molar-refractivity contribution in [3.05, 3.63) is 0 Å².